The number of hydrogen-bond acceptors (Lipinski definition) is 5. The fraction of sp³-hybridized carbons (Fsp3) is 0.571. The van der Waals surface area contributed by atoms with Crippen LogP contribution in [0.25, 0.3) is 0 Å². The van der Waals surface area contributed by atoms with Gasteiger partial charge in [0, 0.05) is 43.8 Å². The third-order valence-corrected chi connectivity index (χ3v) is 6.96. The van der Waals surface area contributed by atoms with Crippen LogP contribution in [-0.4, -0.2) is 53.5 Å². The zero-order valence-electron chi connectivity index (χ0n) is 21.3. The average Bonchev–Trinajstić information content (AvgIpc) is 3.23. The summed E-state index contributed by atoms with van der Waals surface area (Å²) in [5.41, 5.74) is 1.73. The van der Waals surface area contributed by atoms with Crippen molar-refractivity contribution in [1.29, 1.82) is 0 Å². The summed E-state index contributed by atoms with van der Waals surface area (Å²) in [6, 6.07) is 11.4. The standard InChI is InChI=1S/C28H37FN2O4/c1-21-6-5-7-22(16-21)18-31(25(32)35-26(2,3)4)13-10-27(24-9-8-23(29)17-30-24)11-15-34-28(19-27)12-14-33-20-28/h5-9,16-17H,10-15,18-20H2,1-4H3/t27-,28-/m1/s1. The van der Waals surface area contributed by atoms with Gasteiger partial charge in [0.1, 0.15) is 11.4 Å². The molecule has 35 heavy (non-hydrogen) atoms. The van der Waals surface area contributed by atoms with Gasteiger partial charge < -0.3 is 19.1 Å². The molecule has 1 spiro atoms. The molecular formula is C28H37FN2O4. The topological polar surface area (TPSA) is 60.9 Å². The molecule has 4 rings (SSSR count). The molecule has 2 saturated heterocycles. The quantitative estimate of drug-likeness (QED) is 0.537. The number of pyridine rings is 1. The SMILES string of the molecule is Cc1cccc(CN(CC[C@@]2(c3ccc(F)cn3)CCO[C@]3(CCOC3)C2)C(=O)OC(C)(C)C)c1. The van der Waals surface area contributed by atoms with Crippen LogP contribution in [-0.2, 0) is 26.2 Å². The first-order valence-electron chi connectivity index (χ1n) is 12.5. The van der Waals surface area contributed by atoms with Gasteiger partial charge in [-0.1, -0.05) is 29.8 Å². The maximum atomic E-state index is 13.7. The predicted molar refractivity (Wildman–Crippen MR) is 132 cm³/mol. The van der Waals surface area contributed by atoms with Crippen LogP contribution >= 0.6 is 0 Å². The van der Waals surface area contributed by atoms with Crippen molar-refractivity contribution in [1.82, 2.24) is 9.88 Å². The second-order valence-electron chi connectivity index (χ2n) is 11.0. The Morgan fingerprint density at radius 3 is 2.69 bits per heavy atom. The van der Waals surface area contributed by atoms with Gasteiger partial charge >= 0.3 is 6.09 Å². The van der Waals surface area contributed by atoms with Crippen LogP contribution < -0.4 is 0 Å². The number of aryl methyl sites for hydroxylation is 1. The normalized spacial score (nSPS) is 24.5. The van der Waals surface area contributed by atoms with Crippen LogP contribution in [0.2, 0.25) is 0 Å². The largest absolute Gasteiger partial charge is 0.444 e. The number of nitrogens with zero attached hydrogens (tertiary/aromatic N) is 2. The van der Waals surface area contributed by atoms with E-state index in [1.54, 1.807) is 11.0 Å². The highest BCUT2D eigenvalue weighted by atomic mass is 19.1. The molecule has 1 aromatic heterocycles. The van der Waals surface area contributed by atoms with Gasteiger partial charge in [-0.25, -0.2) is 9.18 Å². The monoisotopic (exact) mass is 484 g/mol. The van der Waals surface area contributed by atoms with Gasteiger partial charge in [-0.3, -0.25) is 4.98 Å². The summed E-state index contributed by atoms with van der Waals surface area (Å²) in [6.07, 6.45) is 3.91. The smallest absolute Gasteiger partial charge is 0.410 e. The third kappa shape index (κ3) is 6.39. The van der Waals surface area contributed by atoms with Crippen molar-refractivity contribution in [3.8, 4) is 0 Å². The third-order valence-electron chi connectivity index (χ3n) is 6.96. The van der Waals surface area contributed by atoms with Crippen LogP contribution in [0, 0.1) is 12.7 Å². The molecule has 0 bridgehead atoms. The van der Waals surface area contributed by atoms with E-state index in [-0.39, 0.29) is 22.9 Å². The molecule has 0 unspecified atom stereocenters. The maximum Gasteiger partial charge on any atom is 0.410 e. The van der Waals surface area contributed by atoms with E-state index in [1.807, 2.05) is 45.9 Å². The number of halogens is 1. The highest BCUT2D eigenvalue weighted by Crippen LogP contribution is 2.46. The maximum absolute atomic E-state index is 13.7. The van der Waals surface area contributed by atoms with Crippen LogP contribution in [0.15, 0.2) is 42.6 Å². The van der Waals surface area contributed by atoms with E-state index in [0.717, 1.165) is 36.1 Å². The summed E-state index contributed by atoms with van der Waals surface area (Å²) in [4.78, 5) is 19.5. The van der Waals surface area contributed by atoms with E-state index in [1.165, 1.54) is 12.3 Å². The number of carbonyl (C=O) groups is 1. The first kappa shape index (κ1) is 25.6. The minimum atomic E-state index is -0.595. The van der Waals surface area contributed by atoms with Gasteiger partial charge in [-0.05, 0) is 64.7 Å². The van der Waals surface area contributed by atoms with E-state index in [4.69, 9.17) is 14.2 Å². The van der Waals surface area contributed by atoms with E-state index < -0.39 is 5.60 Å². The van der Waals surface area contributed by atoms with Crippen molar-refractivity contribution in [3.05, 3.63) is 65.2 Å². The Morgan fingerprint density at radius 1 is 1.20 bits per heavy atom. The lowest BCUT2D eigenvalue weighted by Crippen LogP contribution is -2.50. The summed E-state index contributed by atoms with van der Waals surface area (Å²) in [5, 5.41) is 0. The number of amides is 1. The van der Waals surface area contributed by atoms with Gasteiger partial charge in [-0.2, -0.15) is 0 Å². The molecule has 1 amide bonds. The van der Waals surface area contributed by atoms with E-state index in [9.17, 15) is 9.18 Å². The Morgan fingerprint density at radius 2 is 2.03 bits per heavy atom. The Labute approximate surface area is 207 Å². The summed E-state index contributed by atoms with van der Waals surface area (Å²) in [5.74, 6) is -0.357. The lowest BCUT2D eigenvalue weighted by molar-refractivity contribution is -0.110. The molecule has 0 saturated carbocycles. The van der Waals surface area contributed by atoms with Crippen LogP contribution in [0.5, 0.6) is 0 Å². The molecule has 3 heterocycles. The molecule has 0 radical (unpaired) electrons. The number of ether oxygens (including phenoxy) is 3. The molecule has 2 aliphatic rings. The minimum Gasteiger partial charge on any atom is -0.444 e. The molecule has 0 N–H and O–H groups in total. The fourth-order valence-corrected chi connectivity index (χ4v) is 5.25. The summed E-state index contributed by atoms with van der Waals surface area (Å²) in [6.45, 7) is 10.4. The van der Waals surface area contributed by atoms with E-state index in [0.29, 0.717) is 39.3 Å². The van der Waals surface area contributed by atoms with Crippen molar-refractivity contribution in [3.63, 3.8) is 0 Å². The molecule has 1 aromatic carbocycles. The van der Waals surface area contributed by atoms with Crippen molar-refractivity contribution >= 4 is 6.09 Å². The van der Waals surface area contributed by atoms with Gasteiger partial charge in [0.05, 0.1) is 18.4 Å². The van der Waals surface area contributed by atoms with E-state index >= 15 is 0 Å². The highest BCUT2D eigenvalue weighted by Gasteiger charge is 2.49. The van der Waals surface area contributed by atoms with Gasteiger partial charge in [0.15, 0.2) is 0 Å². The zero-order chi connectivity index (χ0) is 25.1. The summed E-state index contributed by atoms with van der Waals surface area (Å²) < 4.78 is 31.4. The number of carbonyl (C=O) groups excluding carboxylic acids is 1. The van der Waals surface area contributed by atoms with Crippen LogP contribution in [0.3, 0.4) is 0 Å². The average molecular weight is 485 g/mol. The number of rotatable bonds is 6. The first-order valence-corrected chi connectivity index (χ1v) is 12.5. The van der Waals surface area contributed by atoms with Crippen LogP contribution in [0.4, 0.5) is 9.18 Å². The molecule has 2 aromatic rings. The molecule has 0 aliphatic carbocycles. The molecule has 7 heteroatoms. The second-order valence-corrected chi connectivity index (χ2v) is 11.0. The molecular weight excluding hydrogens is 447 g/mol. The lowest BCUT2D eigenvalue weighted by atomic mass is 9.68. The van der Waals surface area contributed by atoms with Gasteiger partial charge in [-0.15, -0.1) is 0 Å². The summed E-state index contributed by atoms with van der Waals surface area (Å²) >= 11 is 0. The Hall–Kier alpha value is -2.51. The summed E-state index contributed by atoms with van der Waals surface area (Å²) in [7, 11) is 0. The first-order chi connectivity index (χ1) is 16.6. The molecule has 2 aliphatic heterocycles. The second kappa shape index (κ2) is 10.2. The Bertz CT molecular complexity index is 1010. The van der Waals surface area contributed by atoms with Crippen molar-refractivity contribution in [2.24, 2.45) is 0 Å². The van der Waals surface area contributed by atoms with Crippen molar-refractivity contribution in [2.45, 2.75) is 76.5 Å². The van der Waals surface area contributed by atoms with Crippen molar-refractivity contribution < 1.29 is 23.4 Å². The lowest BCUT2D eigenvalue weighted by Gasteiger charge is -2.46. The zero-order valence-corrected chi connectivity index (χ0v) is 21.3. The molecule has 190 valence electrons. The minimum absolute atomic E-state index is 0.341. The van der Waals surface area contributed by atoms with Gasteiger partial charge in [0.25, 0.3) is 0 Å². The Kier molecular flexibility index (Phi) is 7.48. The van der Waals surface area contributed by atoms with Crippen molar-refractivity contribution in [2.75, 3.05) is 26.4 Å². The number of hydrogen-bond donors (Lipinski definition) is 0. The number of benzene rings is 1. The number of aromatic nitrogens is 1. The molecule has 2 atom stereocenters. The fourth-order valence-electron chi connectivity index (χ4n) is 5.25. The molecule has 6 nitrogen and oxygen atoms in total. The Balaban J connectivity index is 1.61. The predicted octanol–water partition coefficient (Wildman–Crippen LogP) is 5.56. The van der Waals surface area contributed by atoms with Gasteiger partial charge in [0.2, 0.25) is 0 Å². The molecule has 2 fully saturated rings. The highest BCUT2D eigenvalue weighted by molar-refractivity contribution is 5.68. The van der Waals surface area contributed by atoms with Crippen LogP contribution in [0.1, 0.15) is 63.3 Å². The van der Waals surface area contributed by atoms with E-state index in [2.05, 4.69) is 11.1 Å².